The molecule has 2 aromatic rings. The fourth-order valence-corrected chi connectivity index (χ4v) is 2.47. The van der Waals surface area contributed by atoms with Crippen LogP contribution in [0.4, 0.5) is 5.82 Å². The Bertz CT molecular complexity index is 640. The van der Waals surface area contributed by atoms with Crippen LogP contribution in [0.1, 0.15) is 31.6 Å². The average Bonchev–Trinajstić information content (AvgIpc) is 3.02. The van der Waals surface area contributed by atoms with Crippen LogP contribution >= 0.6 is 0 Å². The number of rotatable bonds is 3. The maximum atomic E-state index is 10.8. The van der Waals surface area contributed by atoms with Gasteiger partial charge in [0.25, 0.3) is 0 Å². The van der Waals surface area contributed by atoms with E-state index < -0.39 is 0 Å². The van der Waals surface area contributed by atoms with Crippen LogP contribution in [0.25, 0.3) is 5.52 Å². The Morgan fingerprint density at radius 3 is 3.20 bits per heavy atom. The number of hydrogen-bond acceptors (Lipinski definition) is 6. The molecular weight excluding hydrogens is 260 g/mol. The second-order valence-corrected chi connectivity index (χ2v) is 4.83. The molecule has 106 valence electrons. The predicted octanol–water partition coefficient (Wildman–Crippen LogP) is 1.09. The van der Waals surface area contributed by atoms with E-state index in [0.717, 1.165) is 24.1 Å². The van der Waals surface area contributed by atoms with Gasteiger partial charge in [0.2, 0.25) is 0 Å². The van der Waals surface area contributed by atoms with Gasteiger partial charge in [-0.3, -0.25) is 4.79 Å². The molecule has 0 amide bonds. The minimum atomic E-state index is -0.286. The molecule has 0 aromatic carbocycles. The highest BCUT2D eigenvalue weighted by atomic mass is 16.6. The zero-order valence-corrected chi connectivity index (χ0v) is 11.2. The van der Waals surface area contributed by atoms with E-state index in [1.54, 1.807) is 4.52 Å². The van der Waals surface area contributed by atoms with Gasteiger partial charge in [0.1, 0.15) is 24.6 Å². The zero-order chi connectivity index (χ0) is 14.1. The van der Waals surface area contributed by atoms with Crippen molar-refractivity contribution in [1.29, 1.82) is 0 Å². The summed E-state index contributed by atoms with van der Waals surface area (Å²) in [5.74, 6) is 0.159. The number of carbonyl (C=O) groups is 1. The molecule has 7 heteroatoms. The molecule has 0 aliphatic carbocycles. The predicted molar refractivity (Wildman–Crippen MR) is 70.9 cm³/mol. The van der Waals surface area contributed by atoms with E-state index in [2.05, 4.69) is 10.1 Å². The maximum Gasteiger partial charge on any atom is 0.302 e. The number of nitrogen functional groups attached to an aromatic ring is 1. The highest BCUT2D eigenvalue weighted by Gasteiger charge is 2.29. The minimum absolute atomic E-state index is 0.0614. The van der Waals surface area contributed by atoms with Gasteiger partial charge < -0.3 is 15.2 Å². The molecule has 0 radical (unpaired) electrons. The molecule has 3 rings (SSSR count). The Morgan fingerprint density at radius 2 is 2.40 bits per heavy atom. The molecule has 0 bridgehead atoms. The Balaban J connectivity index is 1.76. The third-order valence-electron chi connectivity index (χ3n) is 3.42. The summed E-state index contributed by atoms with van der Waals surface area (Å²) in [7, 11) is 0. The summed E-state index contributed by atoms with van der Waals surface area (Å²) in [5.41, 5.74) is 7.52. The van der Waals surface area contributed by atoms with E-state index in [4.69, 9.17) is 15.2 Å². The van der Waals surface area contributed by atoms with Crippen molar-refractivity contribution in [3.8, 4) is 0 Å². The van der Waals surface area contributed by atoms with Crippen molar-refractivity contribution in [2.75, 3.05) is 12.3 Å². The van der Waals surface area contributed by atoms with Crippen LogP contribution in [0.3, 0.4) is 0 Å². The number of fused-ring (bicyclic) bond motifs is 1. The smallest absolute Gasteiger partial charge is 0.302 e. The maximum absolute atomic E-state index is 10.8. The van der Waals surface area contributed by atoms with E-state index in [1.807, 2.05) is 12.1 Å². The molecule has 3 heterocycles. The molecule has 1 saturated heterocycles. The quantitative estimate of drug-likeness (QED) is 0.844. The molecule has 1 fully saturated rings. The van der Waals surface area contributed by atoms with Gasteiger partial charge in [-0.05, 0) is 25.0 Å². The lowest BCUT2D eigenvalue weighted by molar-refractivity contribution is -0.145. The molecule has 20 heavy (non-hydrogen) atoms. The number of carbonyl (C=O) groups excluding carboxylic acids is 1. The highest BCUT2D eigenvalue weighted by Crippen LogP contribution is 2.33. The van der Waals surface area contributed by atoms with Crippen molar-refractivity contribution in [3.05, 3.63) is 24.2 Å². The molecular formula is C13H16N4O3. The first kappa shape index (κ1) is 12.9. The molecule has 2 unspecified atom stereocenters. The Hall–Kier alpha value is -2.15. The molecule has 2 aromatic heterocycles. The standard InChI is InChI=1S/C13H16N4O3/c1-8(18)19-6-9-2-5-12(20-9)10-3-4-11-13(14)15-7-16-17(10)11/h3-4,7,9,12H,2,5-6H2,1H3,(H2,14,15,16). The van der Waals surface area contributed by atoms with Crippen LogP contribution in [0.2, 0.25) is 0 Å². The Labute approximate surface area is 115 Å². The van der Waals surface area contributed by atoms with Gasteiger partial charge in [-0.25, -0.2) is 9.50 Å². The summed E-state index contributed by atoms with van der Waals surface area (Å²) in [4.78, 5) is 14.8. The van der Waals surface area contributed by atoms with Crippen LogP contribution in [-0.2, 0) is 14.3 Å². The Kier molecular flexibility index (Phi) is 3.27. The molecule has 0 spiro atoms. The number of nitrogens with zero attached hydrogens (tertiary/aromatic N) is 3. The normalized spacial score (nSPS) is 22.2. The molecule has 1 aliphatic heterocycles. The Morgan fingerprint density at radius 1 is 1.55 bits per heavy atom. The molecule has 2 atom stereocenters. The number of anilines is 1. The van der Waals surface area contributed by atoms with Crippen molar-refractivity contribution in [2.24, 2.45) is 0 Å². The van der Waals surface area contributed by atoms with Crippen LogP contribution in [0.5, 0.6) is 0 Å². The van der Waals surface area contributed by atoms with Gasteiger partial charge >= 0.3 is 5.97 Å². The van der Waals surface area contributed by atoms with Crippen LogP contribution in [-0.4, -0.2) is 33.3 Å². The van der Waals surface area contributed by atoms with Crippen molar-refractivity contribution in [1.82, 2.24) is 14.6 Å². The van der Waals surface area contributed by atoms with Crippen molar-refractivity contribution < 1.29 is 14.3 Å². The minimum Gasteiger partial charge on any atom is -0.463 e. The molecule has 7 nitrogen and oxygen atoms in total. The number of esters is 1. The van der Waals surface area contributed by atoms with E-state index >= 15 is 0 Å². The van der Waals surface area contributed by atoms with Crippen molar-refractivity contribution in [2.45, 2.75) is 32.0 Å². The fourth-order valence-electron chi connectivity index (χ4n) is 2.47. The molecule has 1 aliphatic rings. The van der Waals surface area contributed by atoms with Crippen molar-refractivity contribution >= 4 is 17.3 Å². The zero-order valence-electron chi connectivity index (χ0n) is 11.2. The van der Waals surface area contributed by atoms with Gasteiger partial charge in [0, 0.05) is 6.92 Å². The van der Waals surface area contributed by atoms with Crippen LogP contribution in [0, 0.1) is 0 Å². The van der Waals surface area contributed by atoms with Gasteiger partial charge in [0.15, 0.2) is 5.82 Å². The largest absolute Gasteiger partial charge is 0.463 e. The average molecular weight is 276 g/mol. The van der Waals surface area contributed by atoms with Crippen LogP contribution < -0.4 is 5.73 Å². The first-order chi connectivity index (χ1) is 9.65. The third-order valence-corrected chi connectivity index (χ3v) is 3.42. The molecule has 0 saturated carbocycles. The summed E-state index contributed by atoms with van der Waals surface area (Å²) in [5, 5.41) is 4.21. The van der Waals surface area contributed by atoms with E-state index in [0.29, 0.717) is 12.4 Å². The summed E-state index contributed by atoms with van der Waals surface area (Å²) in [6, 6.07) is 3.83. The lowest BCUT2D eigenvalue weighted by Gasteiger charge is -2.13. The fraction of sp³-hybridized carbons (Fsp3) is 0.462. The molecule has 2 N–H and O–H groups in total. The van der Waals surface area contributed by atoms with Crippen molar-refractivity contribution in [3.63, 3.8) is 0 Å². The summed E-state index contributed by atoms with van der Waals surface area (Å²) in [6.45, 7) is 1.69. The number of nitrogens with two attached hydrogens (primary N) is 1. The van der Waals surface area contributed by atoms with E-state index in [-0.39, 0.29) is 18.2 Å². The van der Waals surface area contributed by atoms with E-state index in [1.165, 1.54) is 13.3 Å². The first-order valence-electron chi connectivity index (χ1n) is 6.52. The summed E-state index contributed by atoms with van der Waals surface area (Å²) >= 11 is 0. The monoisotopic (exact) mass is 276 g/mol. The number of hydrogen-bond donors (Lipinski definition) is 1. The van der Waals surface area contributed by atoms with Gasteiger partial charge in [-0.15, -0.1) is 0 Å². The number of aromatic nitrogens is 3. The first-order valence-corrected chi connectivity index (χ1v) is 6.52. The van der Waals surface area contributed by atoms with E-state index in [9.17, 15) is 4.79 Å². The van der Waals surface area contributed by atoms with Gasteiger partial charge in [-0.2, -0.15) is 5.10 Å². The second-order valence-electron chi connectivity index (χ2n) is 4.83. The number of ether oxygens (including phenoxy) is 2. The topological polar surface area (TPSA) is 91.7 Å². The summed E-state index contributed by atoms with van der Waals surface area (Å²) in [6.07, 6.45) is 3.02. The summed E-state index contributed by atoms with van der Waals surface area (Å²) < 4.78 is 12.6. The third kappa shape index (κ3) is 2.32. The van der Waals surface area contributed by atoms with Gasteiger partial charge in [-0.1, -0.05) is 0 Å². The van der Waals surface area contributed by atoms with Crippen LogP contribution in [0.15, 0.2) is 18.5 Å². The SMILES string of the molecule is CC(=O)OCC1CCC(c2ccc3c(N)ncnn23)O1. The lowest BCUT2D eigenvalue weighted by atomic mass is 10.1. The second kappa shape index (κ2) is 5.09. The lowest BCUT2D eigenvalue weighted by Crippen LogP contribution is -2.17. The highest BCUT2D eigenvalue weighted by molar-refractivity contribution is 5.66. The van der Waals surface area contributed by atoms with Gasteiger partial charge in [0.05, 0.1) is 11.8 Å².